The molecule has 1 aromatic heterocycles. The Balaban J connectivity index is 1.94. The van der Waals surface area contributed by atoms with Crippen molar-refractivity contribution in [1.29, 1.82) is 0 Å². The summed E-state index contributed by atoms with van der Waals surface area (Å²) in [7, 11) is 0. The Morgan fingerprint density at radius 2 is 2.10 bits per heavy atom. The first-order valence-corrected chi connectivity index (χ1v) is 7.46. The van der Waals surface area contributed by atoms with Crippen molar-refractivity contribution < 1.29 is 0 Å². The second kappa shape index (κ2) is 4.32. The monoisotopic (exact) mass is 274 g/mol. The molecule has 0 N–H and O–H groups in total. The van der Waals surface area contributed by atoms with Crippen LogP contribution in [-0.4, -0.2) is 9.88 Å². The van der Waals surface area contributed by atoms with Gasteiger partial charge in [-0.1, -0.05) is 31.7 Å². The molecule has 0 atom stereocenters. The number of hydrogen-bond acceptors (Lipinski definition) is 2. The molecule has 0 radical (unpaired) electrons. The van der Waals surface area contributed by atoms with E-state index in [2.05, 4.69) is 55.7 Å². The molecule has 1 aromatic carbocycles. The number of rotatable bonds is 1. The number of para-hydroxylation sites is 1. The van der Waals surface area contributed by atoms with Gasteiger partial charge in [-0.2, -0.15) is 0 Å². The van der Waals surface area contributed by atoms with Crippen molar-refractivity contribution in [3.63, 3.8) is 0 Å². The Morgan fingerprint density at radius 1 is 1.29 bits per heavy atom. The molecule has 0 saturated carbocycles. The first-order valence-electron chi connectivity index (χ1n) is 7.46. The zero-order valence-corrected chi connectivity index (χ0v) is 12.5. The smallest absolute Gasteiger partial charge is 0.0924 e. The molecule has 4 rings (SSSR count). The van der Waals surface area contributed by atoms with Crippen molar-refractivity contribution in [3.8, 4) is 0 Å². The molecular weight excluding hydrogens is 256 g/mol. The first-order chi connectivity index (χ1) is 10.2. The van der Waals surface area contributed by atoms with Crippen LogP contribution in [0.25, 0.3) is 16.6 Å². The van der Waals surface area contributed by atoms with Gasteiger partial charge in [0.25, 0.3) is 0 Å². The highest BCUT2D eigenvalue weighted by Gasteiger charge is 2.31. The fourth-order valence-corrected chi connectivity index (χ4v) is 3.44. The van der Waals surface area contributed by atoms with E-state index in [4.69, 9.17) is 4.98 Å². The number of nitrogens with zero attached hydrogens (tertiary/aromatic N) is 2. The SMILES string of the molecule is C=C1C(CC)=C(C)C=C2c3nc4ccccc4cc3CN12. The highest BCUT2D eigenvalue weighted by molar-refractivity contribution is 5.85. The van der Waals surface area contributed by atoms with Gasteiger partial charge in [0, 0.05) is 16.6 Å². The Hall–Kier alpha value is -2.35. The van der Waals surface area contributed by atoms with Gasteiger partial charge in [-0.3, -0.25) is 0 Å². The highest BCUT2D eigenvalue weighted by atomic mass is 15.2. The minimum absolute atomic E-state index is 0.884. The van der Waals surface area contributed by atoms with Gasteiger partial charge in [0.05, 0.1) is 23.5 Å². The fourth-order valence-electron chi connectivity index (χ4n) is 3.44. The summed E-state index contributed by atoms with van der Waals surface area (Å²) in [6.07, 6.45) is 3.29. The van der Waals surface area contributed by atoms with E-state index in [-0.39, 0.29) is 0 Å². The number of pyridine rings is 1. The normalized spacial score (nSPS) is 17.1. The fraction of sp³-hybridized carbons (Fsp3) is 0.211. The zero-order chi connectivity index (χ0) is 14.6. The number of fused-ring (bicyclic) bond motifs is 4. The molecular formula is C19H18N2. The summed E-state index contributed by atoms with van der Waals surface area (Å²) in [4.78, 5) is 7.19. The molecule has 0 bridgehead atoms. The number of hydrogen-bond donors (Lipinski definition) is 0. The lowest BCUT2D eigenvalue weighted by Crippen LogP contribution is -2.19. The van der Waals surface area contributed by atoms with Gasteiger partial charge < -0.3 is 4.90 Å². The van der Waals surface area contributed by atoms with Crippen LogP contribution in [0.1, 0.15) is 31.5 Å². The maximum Gasteiger partial charge on any atom is 0.0924 e. The summed E-state index contributed by atoms with van der Waals surface area (Å²) in [5.41, 5.74) is 8.49. The van der Waals surface area contributed by atoms with Crippen molar-refractivity contribution in [2.24, 2.45) is 0 Å². The molecule has 2 aromatic rings. The lowest BCUT2D eigenvalue weighted by atomic mass is 9.98. The second-order valence-corrected chi connectivity index (χ2v) is 5.77. The van der Waals surface area contributed by atoms with Crippen LogP contribution in [0, 0.1) is 0 Å². The van der Waals surface area contributed by atoms with Gasteiger partial charge in [0.1, 0.15) is 0 Å². The average molecular weight is 274 g/mol. The Kier molecular flexibility index (Phi) is 2.55. The highest BCUT2D eigenvalue weighted by Crippen LogP contribution is 2.42. The van der Waals surface area contributed by atoms with Crippen molar-refractivity contribution in [2.75, 3.05) is 0 Å². The largest absolute Gasteiger partial charge is 0.335 e. The van der Waals surface area contributed by atoms with E-state index in [9.17, 15) is 0 Å². The van der Waals surface area contributed by atoms with Gasteiger partial charge in [-0.25, -0.2) is 4.98 Å². The zero-order valence-electron chi connectivity index (χ0n) is 12.5. The molecule has 2 nitrogen and oxygen atoms in total. The number of allylic oxidation sites excluding steroid dienone is 3. The van der Waals surface area contributed by atoms with Crippen LogP contribution in [0.3, 0.4) is 0 Å². The van der Waals surface area contributed by atoms with E-state index < -0.39 is 0 Å². The molecule has 0 unspecified atom stereocenters. The van der Waals surface area contributed by atoms with Crippen LogP contribution in [0.2, 0.25) is 0 Å². The van der Waals surface area contributed by atoms with E-state index in [0.717, 1.165) is 29.9 Å². The van der Waals surface area contributed by atoms with Crippen molar-refractivity contribution >= 4 is 16.6 Å². The summed E-state index contributed by atoms with van der Waals surface area (Å²) in [6, 6.07) is 10.6. The lowest BCUT2D eigenvalue weighted by Gasteiger charge is -2.29. The number of benzene rings is 1. The summed E-state index contributed by atoms with van der Waals surface area (Å²) >= 11 is 0. The molecule has 0 amide bonds. The summed E-state index contributed by atoms with van der Waals surface area (Å²) in [5, 5.41) is 1.21. The standard InChI is InChI=1S/C19H18N2/c1-4-16-12(2)9-18-19-15(11-21(18)13(16)3)10-14-7-5-6-8-17(14)20-19/h5-10H,3-4,11H2,1-2H3. The third-order valence-electron chi connectivity index (χ3n) is 4.52. The predicted octanol–water partition coefficient (Wildman–Crippen LogP) is 4.65. The molecule has 0 saturated heterocycles. The Bertz CT molecular complexity index is 840. The Labute approximate surface area is 125 Å². The molecule has 3 heterocycles. The van der Waals surface area contributed by atoms with Crippen LogP contribution in [-0.2, 0) is 6.54 Å². The quantitative estimate of drug-likeness (QED) is 0.752. The van der Waals surface area contributed by atoms with E-state index in [1.165, 1.54) is 27.8 Å². The van der Waals surface area contributed by atoms with Crippen LogP contribution in [0.15, 0.2) is 59.8 Å². The molecule has 104 valence electrons. The molecule has 2 aliphatic heterocycles. The molecule has 0 spiro atoms. The van der Waals surface area contributed by atoms with E-state index in [1.807, 2.05) is 6.07 Å². The summed E-state index contributed by atoms with van der Waals surface area (Å²) < 4.78 is 0. The van der Waals surface area contributed by atoms with Crippen LogP contribution < -0.4 is 0 Å². The topological polar surface area (TPSA) is 16.1 Å². The average Bonchev–Trinajstić information content (AvgIpc) is 2.83. The van der Waals surface area contributed by atoms with Gasteiger partial charge >= 0.3 is 0 Å². The molecule has 2 heteroatoms. The molecule has 21 heavy (non-hydrogen) atoms. The third-order valence-corrected chi connectivity index (χ3v) is 4.52. The van der Waals surface area contributed by atoms with Gasteiger partial charge in [-0.05, 0) is 42.7 Å². The van der Waals surface area contributed by atoms with E-state index in [1.54, 1.807) is 0 Å². The molecule has 0 fully saturated rings. The predicted molar refractivity (Wildman–Crippen MR) is 87.4 cm³/mol. The lowest BCUT2D eigenvalue weighted by molar-refractivity contribution is 0.508. The molecule has 0 aliphatic carbocycles. The summed E-state index contributed by atoms with van der Waals surface area (Å²) in [5.74, 6) is 0. The second-order valence-electron chi connectivity index (χ2n) is 5.77. The van der Waals surface area contributed by atoms with Gasteiger partial charge in [0.15, 0.2) is 0 Å². The van der Waals surface area contributed by atoms with E-state index in [0.29, 0.717) is 0 Å². The number of aromatic nitrogens is 1. The van der Waals surface area contributed by atoms with Crippen molar-refractivity contribution in [1.82, 2.24) is 9.88 Å². The van der Waals surface area contributed by atoms with Gasteiger partial charge in [0.2, 0.25) is 0 Å². The van der Waals surface area contributed by atoms with Crippen LogP contribution in [0.5, 0.6) is 0 Å². The maximum atomic E-state index is 4.89. The summed E-state index contributed by atoms with van der Waals surface area (Å²) in [6.45, 7) is 9.56. The maximum absolute atomic E-state index is 4.89. The van der Waals surface area contributed by atoms with E-state index >= 15 is 0 Å². The Morgan fingerprint density at radius 3 is 2.90 bits per heavy atom. The molecule has 2 aliphatic rings. The van der Waals surface area contributed by atoms with Gasteiger partial charge in [-0.15, -0.1) is 0 Å². The van der Waals surface area contributed by atoms with Crippen molar-refractivity contribution in [2.45, 2.75) is 26.8 Å². The first kappa shape index (κ1) is 12.4. The van der Waals surface area contributed by atoms with Crippen molar-refractivity contribution in [3.05, 3.63) is 71.1 Å². The third kappa shape index (κ3) is 1.69. The van der Waals surface area contributed by atoms with Crippen LogP contribution in [0.4, 0.5) is 0 Å². The minimum atomic E-state index is 0.884. The van der Waals surface area contributed by atoms with Crippen LogP contribution >= 0.6 is 0 Å². The minimum Gasteiger partial charge on any atom is -0.335 e.